The molecule has 0 aromatic heterocycles. The Labute approximate surface area is 112 Å². The van der Waals surface area contributed by atoms with Crippen LogP contribution in [-0.4, -0.2) is 25.2 Å². The summed E-state index contributed by atoms with van der Waals surface area (Å²) >= 11 is 0. The maximum Gasteiger partial charge on any atom is 0.315 e. The van der Waals surface area contributed by atoms with Gasteiger partial charge in [-0.15, -0.1) is 0 Å². The van der Waals surface area contributed by atoms with Crippen molar-refractivity contribution in [2.45, 2.75) is 26.2 Å². The van der Waals surface area contributed by atoms with E-state index in [-0.39, 0.29) is 11.4 Å². The molecule has 1 aromatic carbocycles. The number of rotatable bonds is 8. The van der Waals surface area contributed by atoms with E-state index < -0.39 is 4.92 Å². The molecule has 1 aromatic rings. The Morgan fingerprint density at radius 3 is 2.68 bits per heavy atom. The van der Waals surface area contributed by atoms with Crippen LogP contribution < -0.4 is 15.2 Å². The van der Waals surface area contributed by atoms with Crippen LogP contribution in [0.3, 0.4) is 0 Å². The second kappa shape index (κ2) is 7.58. The molecule has 0 heterocycles. The number of hydrogen-bond donors (Lipinski definition) is 1. The summed E-state index contributed by atoms with van der Waals surface area (Å²) in [7, 11) is 1.47. The van der Waals surface area contributed by atoms with Crippen LogP contribution in [0.5, 0.6) is 11.5 Å². The fraction of sp³-hybridized carbons (Fsp3) is 0.538. The third-order valence-corrected chi connectivity index (χ3v) is 2.69. The third kappa shape index (κ3) is 4.10. The van der Waals surface area contributed by atoms with Crippen LogP contribution in [0.1, 0.15) is 25.3 Å². The van der Waals surface area contributed by atoms with Crippen molar-refractivity contribution in [2.24, 2.45) is 5.73 Å². The van der Waals surface area contributed by atoms with Crippen molar-refractivity contribution in [1.29, 1.82) is 0 Å². The van der Waals surface area contributed by atoms with Crippen LogP contribution in [-0.2, 0) is 6.42 Å². The molecule has 2 N–H and O–H groups in total. The van der Waals surface area contributed by atoms with Gasteiger partial charge >= 0.3 is 5.69 Å². The Bertz CT molecular complexity index is 435. The van der Waals surface area contributed by atoms with E-state index in [0.29, 0.717) is 25.3 Å². The lowest BCUT2D eigenvalue weighted by Gasteiger charge is -2.12. The van der Waals surface area contributed by atoms with Gasteiger partial charge in [-0.25, -0.2) is 0 Å². The van der Waals surface area contributed by atoms with E-state index in [1.54, 1.807) is 6.07 Å². The van der Waals surface area contributed by atoms with Gasteiger partial charge in [-0.2, -0.15) is 0 Å². The number of unbranched alkanes of at least 4 members (excludes halogenated alkanes) is 1. The minimum Gasteiger partial charge on any atom is -0.493 e. The second-order valence-corrected chi connectivity index (χ2v) is 4.14. The van der Waals surface area contributed by atoms with Crippen LogP contribution >= 0.6 is 0 Å². The van der Waals surface area contributed by atoms with Gasteiger partial charge in [-0.1, -0.05) is 13.3 Å². The average Bonchev–Trinajstić information content (AvgIpc) is 2.39. The first-order valence-corrected chi connectivity index (χ1v) is 6.32. The summed E-state index contributed by atoms with van der Waals surface area (Å²) in [6.45, 7) is 2.89. The minimum atomic E-state index is -0.455. The molecule has 19 heavy (non-hydrogen) atoms. The zero-order chi connectivity index (χ0) is 14.3. The van der Waals surface area contributed by atoms with Gasteiger partial charge in [-0.3, -0.25) is 10.1 Å². The molecule has 0 radical (unpaired) electrons. The average molecular weight is 268 g/mol. The zero-order valence-corrected chi connectivity index (χ0v) is 11.3. The minimum absolute atomic E-state index is 0.0705. The molecule has 106 valence electrons. The highest BCUT2D eigenvalue weighted by molar-refractivity contribution is 5.58. The molecule has 0 bridgehead atoms. The monoisotopic (exact) mass is 268 g/mol. The molecule has 6 nitrogen and oxygen atoms in total. The third-order valence-electron chi connectivity index (χ3n) is 2.69. The second-order valence-electron chi connectivity index (χ2n) is 4.14. The number of nitrogens with two attached hydrogens (primary N) is 1. The number of hydrogen-bond acceptors (Lipinski definition) is 5. The van der Waals surface area contributed by atoms with Crippen molar-refractivity contribution < 1.29 is 14.4 Å². The predicted octanol–water partition coefficient (Wildman–Crippen LogP) is 2.28. The van der Waals surface area contributed by atoms with Gasteiger partial charge in [0.15, 0.2) is 5.75 Å². The fourth-order valence-corrected chi connectivity index (χ4v) is 1.70. The van der Waals surface area contributed by atoms with Gasteiger partial charge in [0.2, 0.25) is 5.75 Å². The molecule has 0 saturated heterocycles. The SMILES string of the molecule is CCCCOc1c(OC)cc(CCN)cc1[N+](=O)[O-]. The summed E-state index contributed by atoms with van der Waals surface area (Å²) < 4.78 is 10.7. The van der Waals surface area contributed by atoms with E-state index in [1.807, 2.05) is 6.92 Å². The molecular formula is C13H20N2O4. The first-order valence-electron chi connectivity index (χ1n) is 6.32. The van der Waals surface area contributed by atoms with E-state index in [2.05, 4.69) is 0 Å². The largest absolute Gasteiger partial charge is 0.493 e. The lowest BCUT2D eigenvalue weighted by atomic mass is 10.1. The van der Waals surface area contributed by atoms with E-state index in [4.69, 9.17) is 15.2 Å². The molecule has 1 rings (SSSR count). The quantitative estimate of drug-likeness (QED) is 0.444. The number of nitro benzene ring substituents is 1. The molecule has 0 fully saturated rings. The molecule has 0 atom stereocenters. The molecule has 0 amide bonds. The topological polar surface area (TPSA) is 87.6 Å². The van der Waals surface area contributed by atoms with Crippen LogP contribution in [0, 0.1) is 10.1 Å². The van der Waals surface area contributed by atoms with Crippen molar-refractivity contribution in [1.82, 2.24) is 0 Å². The van der Waals surface area contributed by atoms with Gasteiger partial charge in [0.05, 0.1) is 18.6 Å². The highest BCUT2D eigenvalue weighted by Gasteiger charge is 2.22. The van der Waals surface area contributed by atoms with Gasteiger partial charge in [-0.05, 0) is 31.0 Å². The summed E-state index contributed by atoms with van der Waals surface area (Å²) in [5.74, 6) is 0.579. The van der Waals surface area contributed by atoms with Crippen LogP contribution in [0.25, 0.3) is 0 Å². The van der Waals surface area contributed by atoms with E-state index >= 15 is 0 Å². The molecule has 6 heteroatoms. The van der Waals surface area contributed by atoms with Crippen LogP contribution in [0.15, 0.2) is 12.1 Å². The van der Waals surface area contributed by atoms with Crippen LogP contribution in [0.4, 0.5) is 5.69 Å². The predicted molar refractivity (Wildman–Crippen MR) is 72.8 cm³/mol. The Hall–Kier alpha value is -1.82. The van der Waals surface area contributed by atoms with Crippen molar-refractivity contribution >= 4 is 5.69 Å². The highest BCUT2D eigenvalue weighted by Crippen LogP contribution is 2.38. The van der Waals surface area contributed by atoms with E-state index in [9.17, 15) is 10.1 Å². The summed E-state index contributed by atoms with van der Waals surface area (Å²) in [6.07, 6.45) is 2.36. The lowest BCUT2D eigenvalue weighted by Crippen LogP contribution is -2.06. The molecule has 0 unspecified atom stereocenters. The summed E-state index contributed by atoms with van der Waals surface area (Å²) in [6, 6.07) is 3.23. The highest BCUT2D eigenvalue weighted by atomic mass is 16.6. The van der Waals surface area contributed by atoms with Crippen molar-refractivity contribution in [3.05, 3.63) is 27.8 Å². The van der Waals surface area contributed by atoms with Crippen molar-refractivity contribution in [2.75, 3.05) is 20.3 Å². The maximum atomic E-state index is 11.1. The number of nitro groups is 1. The fourth-order valence-electron chi connectivity index (χ4n) is 1.70. The van der Waals surface area contributed by atoms with Crippen LogP contribution in [0.2, 0.25) is 0 Å². The Morgan fingerprint density at radius 1 is 1.42 bits per heavy atom. The Kier molecular flexibility index (Phi) is 6.08. The van der Waals surface area contributed by atoms with Gasteiger partial charge < -0.3 is 15.2 Å². The van der Waals surface area contributed by atoms with E-state index in [0.717, 1.165) is 18.4 Å². The number of benzene rings is 1. The molecule has 0 spiro atoms. The number of nitrogens with zero attached hydrogens (tertiary/aromatic N) is 1. The first kappa shape index (κ1) is 15.2. The first-order chi connectivity index (χ1) is 9.13. The van der Waals surface area contributed by atoms with Crippen molar-refractivity contribution in [3.8, 4) is 11.5 Å². The number of methoxy groups -OCH3 is 1. The molecule has 0 aliphatic rings. The van der Waals surface area contributed by atoms with Gasteiger partial charge in [0.1, 0.15) is 0 Å². The molecular weight excluding hydrogens is 248 g/mol. The number of ether oxygens (including phenoxy) is 2. The summed E-state index contributed by atoms with van der Waals surface area (Å²) in [4.78, 5) is 10.7. The molecule has 0 aliphatic carbocycles. The van der Waals surface area contributed by atoms with Gasteiger partial charge in [0.25, 0.3) is 0 Å². The summed E-state index contributed by atoms with van der Waals surface area (Å²) in [5.41, 5.74) is 6.17. The van der Waals surface area contributed by atoms with E-state index in [1.165, 1.54) is 13.2 Å². The Morgan fingerprint density at radius 2 is 2.16 bits per heavy atom. The summed E-state index contributed by atoms with van der Waals surface area (Å²) in [5, 5.41) is 11.1. The van der Waals surface area contributed by atoms with Crippen molar-refractivity contribution in [3.63, 3.8) is 0 Å². The Balaban J connectivity index is 3.12. The zero-order valence-electron chi connectivity index (χ0n) is 11.3. The normalized spacial score (nSPS) is 10.3. The maximum absolute atomic E-state index is 11.1. The smallest absolute Gasteiger partial charge is 0.315 e. The lowest BCUT2D eigenvalue weighted by molar-refractivity contribution is -0.386. The molecule has 0 aliphatic heterocycles. The standard InChI is InChI=1S/C13H20N2O4/c1-3-4-7-19-13-11(15(16)17)8-10(5-6-14)9-12(13)18-2/h8-9H,3-7,14H2,1-2H3. The van der Waals surface area contributed by atoms with Gasteiger partial charge in [0, 0.05) is 6.07 Å². The molecule has 0 saturated carbocycles.